The molecule has 0 aliphatic carbocycles. The minimum absolute atomic E-state index is 0.565. The fraction of sp³-hybridized carbons (Fsp3) is 0. The number of nitrogens with zero attached hydrogens (tertiary/aromatic N) is 4. The normalized spacial score (nSPS) is 10.6. The molecule has 0 aliphatic heterocycles. The highest BCUT2D eigenvalue weighted by Gasteiger charge is 2.08. The average Bonchev–Trinajstić information content (AvgIpc) is 2.39. The fourth-order valence-electron chi connectivity index (χ4n) is 1.69. The highest BCUT2D eigenvalue weighted by Crippen LogP contribution is 2.25. The molecule has 2 heterocycles. The maximum Gasteiger partial charge on any atom is 0.197 e. The molecule has 82 valence electrons. The molecule has 0 saturated carbocycles. The first kappa shape index (κ1) is 10.3. The van der Waals surface area contributed by atoms with E-state index in [9.17, 15) is 0 Å². The summed E-state index contributed by atoms with van der Waals surface area (Å²) in [5, 5.41) is 0.991. The van der Waals surface area contributed by atoms with Gasteiger partial charge < -0.3 is 0 Å². The molecular formula is C12H7BrN4. The van der Waals surface area contributed by atoms with Gasteiger partial charge in [-0.1, -0.05) is 18.2 Å². The Kier molecular flexibility index (Phi) is 2.53. The van der Waals surface area contributed by atoms with Crippen LogP contribution in [-0.4, -0.2) is 19.9 Å². The first-order chi connectivity index (χ1) is 8.34. The average molecular weight is 287 g/mol. The maximum absolute atomic E-state index is 4.40. The largest absolute Gasteiger partial charge is 0.244 e. The first-order valence-electron chi connectivity index (χ1n) is 5.02. The summed E-state index contributed by atoms with van der Waals surface area (Å²) in [4.78, 5) is 16.7. The molecule has 4 nitrogen and oxygen atoms in total. The second-order valence-electron chi connectivity index (χ2n) is 3.49. The van der Waals surface area contributed by atoms with Gasteiger partial charge in [-0.05, 0) is 22.0 Å². The van der Waals surface area contributed by atoms with Gasteiger partial charge in [-0.2, -0.15) is 0 Å². The lowest BCUT2D eigenvalue weighted by Gasteiger charge is -2.05. The van der Waals surface area contributed by atoms with Gasteiger partial charge in [-0.25, -0.2) is 19.9 Å². The van der Waals surface area contributed by atoms with Crippen molar-refractivity contribution in [3.63, 3.8) is 0 Å². The van der Waals surface area contributed by atoms with Crippen LogP contribution >= 0.6 is 15.9 Å². The van der Waals surface area contributed by atoms with Crippen molar-refractivity contribution in [2.24, 2.45) is 0 Å². The molecule has 1 aromatic carbocycles. The van der Waals surface area contributed by atoms with E-state index in [2.05, 4.69) is 35.9 Å². The van der Waals surface area contributed by atoms with E-state index in [1.165, 1.54) is 6.33 Å². The summed E-state index contributed by atoms with van der Waals surface area (Å²) >= 11 is 3.32. The van der Waals surface area contributed by atoms with Crippen molar-refractivity contribution in [1.82, 2.24) is 19.9 Å². The van der Waals surface area contributed by atoms with Crippen molar-refractivity contribution < 1.29 is 0 Å². The standard InChI is InChI=1S/C12H7BrN4/c13-12-16-10-4-2-1-3-9(10)11(17-12)8-5-14-7-15-6-8/h1-7H. The monoisotopic (exact) mass is 286 g/mol. The SMILES string of the molecule is Brc1nc(-c2cncnc2)c2ccccc2n1. The van der Waals surface area contributed by atoms with Crippen LogP contribution in [0.2, 0.25) is 0 Å². The fourth-order valence-corrected chi connectivity index (χ4v) is 2.06. The molecule has 0 radical (unpaired) electrons. The molecule has 0 aliphatic rings. The highest BCUT2D eigenvalue weighted by molar-refractivity contribution is 9.10. The van der Waals surface area contributed by atoms with E-state index in [0.29, 0.717) is 4.73 Å². The lowest BCUT2D eigenvalue weighted by atomic mass is 10.1. The van der Waals surface area contributed by atoms with Crippen LogP contribution in [-0.2, 0) is 0 Å². The van der Waals surface area contributed by atoms with Crippen LogP contribution in [0.3, 0.4) is 0 Å². The van der Waals surface area contributed by atoms with Gasteiger partial charge in [-0.3, -0.25) is 0 Å². The van der Waals surface area contributed by atoms with Crippen molar-refractivity contribution in [2.45, 2.75) is 0 Å². The second kappa shape index (κ2) is 4.18. The minimum Gasteiger partial charge on any atom is -0.244 e. The Balaban J connectivity index is 2.36. The van der Waals surface area contributed by atoms with Crippen LogP contribution in [0.4, 0.5) is 0 Å². The van der Waals surface area contributed by atoms with Gasteiger partial charge in [0.25, 0.3) is 0 Å². The molecular weight excluding hydrogens is 280 g/mol. The lowest BCUT2D eigenvalue weighted by Crippen LogP contribution is -1.92. The van der Waals surface area contributed by atoms with Gasteiger partial charge in [0.15, 0.2) is 4.73 Å². The Hall–Kier alpha value is -1.88. The molecule has 0 atom stereocenters. The highest BCUT2D eigenvalue weighted by atomic mass is 79.9. The summed E-state index contributed by atoms with van der Waals surface area (Å²) in [6.45, 7) is 0. The van der Waals surface area contributed by atoms with E-state index < -0.39 is 0 Å². The Morgan fingerprint density at radius 3 is 2.53 bits per heavy atom. The molecule has 0 saturated heterocycles. The van der Waals surface area contributed by atoms with Crippen LogP contribution in [0.5, 0.6) is 0 Å². The summed E-state index contributed by atoms with van der Waals surface area (Å²) in [6.07, 6.45) is 4.99. The lowest BCUT2D eigenvalue weighted by molar-refractivity contribution is 1.13. The molecule has 17 heavy (non-hydrogen) atoms. The van der Waals surface area contributed by atoms with Gasteiger partial charge >= 0.3 is 0 Å². The summed E-state index contributed by atoms with van der Waals surface area (Å²) in [7, 11) is 0. The zero-order valence-corrected chi connectivity index (χ0v) is 10.3. The predicted molar refractivity (Wildman–Crippen MR) is 68.3 cm³/mol. The minimum atomic E-state index is 0.565. The van der Waals surface area contributed by atoms with Gasteiger partial charge in [0.05, 0.1) is 11.2 Å². The Morgan fingerprint density at radius 1 is 0.941 bits per heavy atom. The zero-order valence-electron chi connectivity index (χ0n) is 8.71. The van der Waals surface area contributed by atoms with E-state index in [1.807, 2.05) is 24.3 Å². The van der Waals surface area contributed by atoms with Crippen molar-refractivity contribution in [1.29, 1.82) is 0 Å². The topological polar surface area (TPSA) is 51.6 Å². The molecule has 0 unspecified atom stereocenters. The van der Waals surface area contributed by atoms with E-state index in [1.54, 1.807) is 12.4 Å². The third-order valence-electron chi connectivity index (χ3n) is 2.41. The third-order valence-corrected chi connectivity index (χ3v) is 2.76. The smallest absolute Gasteiger partial charge is 0.197 e. The summed E-state index contributed by atoms with van der Waals surface area (Å²) in [5.41, 5.74) is 2.61. The van der Waals surface area contributed by atoms with Gasteiger partial charge in [-0.15, -0.1) is 0 Å². The maximum atomic E-state index is 4.40. The number of rotatable bonds is 1. The van der Waals surface area contributed by atoms with Crippen LogP contribution < -0.4 is 0 Å². The first-order valence-corrected chi connectivity index (χ1v) is 5.81. The van der Waals surface area contributed by atoms with Crippen molar-refractivity contribution in [3.8, 4) is 11.3 Å². The van der Waals surface area contributed by atoms with E-state index >= 15 is 0 Å². The van der Waals surface area contributed by atoms with Crippen molar-refractivity contribution >= 4 is 26.8 Å². The van der Waals surface area contributed by atoms with Crippen molar-refractivity contribution in [2.75, 3.05) is 0 Å². The van der Waals surface area contributed by atoms with E-state index in [-0.39, 0.29) is 0 Å². The molecule has 0 spiro atoms. The molecule has 3 aromatic rings. The second-order valence-corrected chi connectivity index (χ2v) is 4.19. The van der Waals surface area contributed by atoms with E-state index in [4.69, 9.17) is 0 Å². The quantitative estimate of drug-likeness (QED) is 0.646. The van der Waals surface area contributed by atoms with Gasteiger partial charge in [0.2, 0.25) is 0 Å². The number of fused-ring (bicyclic) bond motifs is 1. The number of hydrogen-bond acceptors (Lipinski definition) is 4. The van der Waals surface area contributed by atoms with Gasteiger partial charge in [0.1, 0.15) is 6.33 Å². The molecule has 0 N–H and O–H groups in total. The number of benzene rings is 1. The number of hydrogen-bond donors (Lipinski definition) is 0. The summed E-state index contributed by atoms with van der Waals surface area (Å²) in [5.74, 6) is 0. The number of para-hydroxylation sites is 1. The zero-order chi connectivity index (χ0) is 11.7. The Bertz CT molecular complexity index is 670. The van der Waals surface area contributed by atoms with Gasteiger partial charge in [0, 0.05) is 23.3 Å². The number of halogens is 1. The molecule has 0 bridgehead atoms. The molecule has 0 fully saturated rings. The van der Waals surface area contributed by atoms with E-state index in [0.717, 1.165) is 22.2 Å². The Morgan fingerprint density at radius 2 is 1.71 bits per heavy atom. The summed E-state index contributed by atoms with van der Waals surface area (Å²) in [6, 6.07) is 7.86. The van der Waals surface area contributed by atoms with Crippen molar-refractivity contribution in [3.05, 3.63) is 47.7 Å². The van der Waals surface area contributed by atoms with Crippen LogP contribution in [0.25, 0.3) is 22.2 Å². The molecule has 0 amide bonds. The Labute approximate surface area is 106 Å². The van der Waals surface area contributed by atoms with Crippen LogP contribution in [0.1, 0.15) is 0 Å². The van der Waals surface area contributed by atoms with Crippen LogP contribution in [0, 0.1) is 0 Å². The molecule has 5 heteroatoms. The molecule has 2 aromatic heterocycles. The number of aromatic nitrogens is 4. The van der Waals surface area contributed by atoms with Crippen LogP contribution in [0.15, 0.2) is 47.7 Å². The molecule has 3 rings (SSSR count). The summed E-state index contributed by atoms with van der Waals surface area (Å²) < 4.78 is 0.565. The predicted octanol–water partition coefficient (Wildman–Crippen LogP) is 2.85. The third kappa shape index (κ3) is 1.89.